The predicted molar refractivity (Wildman–Crippen MR) is 144 cm³/mol. The van der Waals surface area contributed by atoms with Crippen LogP contribution >= 0.6 is 0 Å². The van der Waals surface area contributed by atoms with Gasteiger partial charge in [-0.3, -0.25) is 9.59 Å². The number of aliphatic hydroxyl groups is 1. The third-order valence-corrected chi connectivity index (χ3v) is 5.45. The van der Waals surface area contributed by atoms with Gasteiger partial charge in [0.2, 0.25) is 11.5 Å². The number of H-pyrrole nitrogens is 1. The highest BCUT2D eigenvalue weighted by Crippen LogP contribution is 2.19. The monoisotopic (exact) mass is 511 g/mol. The second-order valence-corrected chi connectivity index (χ2v) is 9.07. The van der Waals surface area contributed by atoms with Crippen LogP contribution in [0.3, 0.4) is 0 Å². The molecule has 0 spiro atoms. The molecule has 0 aliphatic carbocycles. The lowest BCUT2D eigenvalue weighted by Crippen LogP contribution is -2.35. The fourth-order valence-electron chi connectivity index (χ4n) is 3.48. The number of pyridine rings is 1. The zero-order valence-electron chi connectivity index (χ0n) is 21.5. The summed E-state index contributed by atoms with van der Waals surface area (Å²) in [4.78, 5) is 26.2. The maximum atomic E-state index is 12.0. The maximum absolute atomic E-state index is 12.0. The highest BCUT2D eigenvalue weighted by Gasteiger charge is 2.07. The van der Waals surface area contributed by atoms with E-state index < -0.39 is 6.10 Å². The van der Waals surface area contributed by atoms with Crippen LogP contribution in [-0.2, 0) is 4.79 Å². The van der Waals surface area contributed by atoms with Crippen molar-refractivity contribution in [2.24, 2.45) is 0 Å². The van der Waals surface area contributed by atoms with Crippen LogP contribution in [0.4, 0.5) is 0 Å². The first-order valence-electron chi connectivity index (χ1n) is 12.7. The number of aromatic amines is 1. The molecule has 4 N–H and O–H groups in total. The molecule has 0 aliphatic rings. The van der Waals surface area contributed by atoms with E-state index in [0.29, 0.717) is 63.1 Å². The van der Waals surface area contributed by atoms with E-state index >= 15 is 0 Å². The Bertz CT molecular complexity index is 1160. The van der Waals surface area contributed by atoms with E-state index in [1.807, 2.05) is 38.1 Å². The van der Waals surface area contributed by atoms with Gasteiger partial charge in [0.25, 0.3) is 0 Å². The van der Waals surface area contributed by atoms with Gasteiger partial charge in [-0.15, -0.1) is 0 Å². The van der Waals surface area contributed by atoms with Crippen LogP contribution in [0.15, 0.2) is 59.4 Å². The average molecular weight is 512 g/mol. The third-order valence-electron chi connectivity index (χ3n) is 5.45. The largest absolute Gasteiger partial charge is 0.494 e. The second-order valence-electron chi connectivity index (χ2n) is 9.07. The van der Waals surface area contributed by atoms with Crippen molar-refractivity contribution in [1.29, 1.82) is 0 Å². The molecule has 1 unspecified atom stereocenters. The molecule has 9 heteroatoms. The number of carbonyl (C=O) groups is 1. The summed E-state index contributed by atoms with van der Waals surface area (Å²) in [5.41, 5.74) is 0.623. The van der Waals surface area contributed by atoms with E-state index in [-0.39, 0.29) is 18.1 Å². The van der Waals surface area contributed by atoms with E-state index in [1.165, 1.54) is 6.07 Å². The normalized spacial score (nSPS) is 11.9. The van der Waals surface area contributed by atoms with Gasteiger partial charge in [0.15, 0.2) is 0 Å². The number of rotatable bonds is 16. The standard InChI is InChI=1S/C28H37N3O6/c1-20(2)30-18-22(32)19-37-24-9-7-23(8-10-24)35-16-4-14-29-27(33)5-3-15-36-25-11-12-26-21(17-25)6-13-28(34)31-26/h6-13,17,20,22,30,32H,3-5,14-16,18-19H2,1-2H3,(H,29,33)(H,31,34). The van der Waals surface area contributed by atoms with Crippen LogP contribution < -0.4 is 30.4 Å². The molecule has 0 saturated carbocycles. The second kappa shape index (κ2) is 14.9. The van der Waals surface area contributed by atoms with Crippen molar-refractivity contribution in [3.8, 4) is 17.2 Å². The summed E-state index contributed by atoms with van der Waals surface area (Å²) in [6.07, 6.45) is 1.10. The Labute approximate surface area is 217 Å². The molecule has 1 atom stereocenters. The topological polar surface area (TPSA) is 122 Å². The van der Waals surface area contributed by atoms with Gasteiger partial charge in [-0.05, 0) is 61.4 Å². The Balaban J connectivity index is 1.22. The van der Waals surface area contributed by atoms with Crippen molar-refractivity contribution in [3.63, 3.8) is 0 Å². The molecule has 1 heterocycles. The van der Waals surface area contributed by atoms with Crippen molar-refractivity contribution < 1.29 is 24.1 Å². The maximum Gasteiger partial charge on any atom is 0.248 e. The van der Waals surface area contributed by atoms with Crippen LogP contribution in [0.2, 0.25) is 0 Å². The highest BCUT2D eigenvalue weighted by atomic mass is 16.5. The first kappa shape index (κ1) is 28.0. The van der Waals surface area contributed by atoms with E-state index in [0.717, 1.165) is 16.7 Å². The molecule has 0 radical (unpaired) electrons. The van der Waals surface area contributed by atoms with Crippen molar-refractivity contribution >= 4 is 16.8 Å². The number of fused-ring (bicyclic) bond motifs is 1. The van der Waals surface area contributed by atoms with Crippen molar-refractivity contribution in [2.75, 3.05) is 32.9 Å². The lowest BCUT2D eigenvalue weighted by atomic mass is 10.2. The molecule has 1 amide bonds. The summed E-state index contributed by atoms with van der Waals surface area (Å²) in [6.45, 7) is 6.20. The van der Waals surface area contributed by atoms with Gasteiger partial charge in [0.1, 0.15) is 30.0 Å². The predicted octanol–water partition coefficient (Wildman–Crippen LogP) is 3.01. The number of hydrogen-bond acceptors (Lipinski definition) is 7. The molecule has 3 rings (SSSR count). The Hall–Kier alpha value is -3.56. The van der Waals surface area contributed by atoms with Crippen molar-refractivity contribution in [1.82, 2.24) is 15.6 Å². The van der Waals surface area contributed by atoms with Crippen molar-refractivity contribution in [2.45, 2.75) is 45.3 Å². The molecule has 0 saturated heterocycles. The van der Waals surface area contributed by atoms with Crippen LogP contribution in [0, 0.1) is 0 Å². The molecule has 2 aromatic carbocycles. The lowest BCUT2D eigenvalue weighted by Gasteiger charge is -2.15. The van der Waals surface area contributed by atoms with Gasteiger partial charge in [-0.1, -0.05) is 13.8 Å². The number of hydrogen-bond donors (Lipinski definition) is 4. The number of nitrogens with one attached hydrogen (secondary N) is 3. The molecule has 0 aliphatic heterocycles. The fourth-order valence-corrected chi connectivity index (χ4v) is 3.48. The van der Waals surface area contributed by atoms with Gasteiger partial charge in [-0.25, -0.2) is 0 Å². The number of aromatic nitrogens is 1. The summed E-state index contributed by atoms with van der Waals surface area (Å²) in [6, 6.07) is 16.3. The third kappa shape index (κ3) is 10.5. The van der Waals surface area contributed by atoms with E-state index in [4.69, 9.17) is 14.2 Å². The molecule has 9 nitrogen and oxygen atoms in total. The van der Waals surface area contributed by atoms with Gasteiger partial charge in [0, 0.05) is 42.5 Å². The number of carbonyl (C=O) groups excluding carboxylic acids is 1. The Kier molecular flexibility index (Phi) is 11.3. The smallest absolute Gasteiger partial charge is 0.248 e. The molecule has 1 aromatic heterocycles. The van der Waals surface area contributed by atoms with Gasteiger partial charge in [0.05, 0.1) is 13.2 Å². The van der Waals surface area contributed by atoms with E-state index in [9.17, 15) is 14.7 Å². The minimum absolute atomic E-state index is 0.0213. The van der Waals surface area contributed by atoms with Gasteiger partial charge >= 0.3 is 0 Å². The molecule has 0 fully saturated rings. The van der Waals surface area contributed by atoms with Crippen LogP contribution in [0.1, 0.15) is 33.1 Å². The summed E-state index contributed by atoms with van der Waals surface area (Å²) in [7, 11) is 0. The van der Waals surface area contributed by atoms with E-state index in [1.54, 1.807) is 24.3 Å². The van der Waals surface area contributed by atoms with Gasteiger partial charge < -0.3 is 34.9 Å². The minimum atomic E-state index is -0.570. The molecular weight excluding hydrogens is 474 g/mol. The van der Waals surface area contributed by atoms with Gasteiger partial charge in [-0.2, -0.15) is 0 Å². The fraction of sp³-hybridized carbons (Fsp3) is 0.429. The number of aliphatic hydroxyl groups excluding tert-OH is 1. The Morgan fingerprint density at radius 3 is 2.35 bits per heavy atom. The summed E-state index contributed by atoms with van der Waals surface area (Å²) < 4.78 is 17.0. The van der Waals surface area contributed by atoms with E-state index in [2.05, 4.69) is 15.6 Å². The minimum Gasteiger partial charge on any atom is -0.494 e. The van der Waals surface area contributed by atoms with Crippen LogP contribution in [0.25, 0.3) is 10.9 Å². The van der Waals surface area contributed by atoms with Crippen LogP contribution in [0.5, 0.6) is 17.2 Å². The Morgan fingerprint density at radius 1 is 0.919 bits per heavy atom. The number of benzene rings is 2. The quantitative estimate of drug-likeness (QED) is 0.218. The average Bonchev–Trinajstić information content (AvgIpc) is 2.89. The molecule has 3 aromatic rings. The molecule has 200 valence electrons. The molecule has 37 heavy (non-hydrogen) atoms. The first-order chi connectivity index (χ1) is 17.9. The molecular formula is C28H37N3O6. The summed E-state index contributed by atoms with van der Waals surface area (Å²) in [5.74, 6) is 2.07. The zero-order chi connectivity index (χ0) is 26.5. The van der Waals surface area contributed by atoms with Crippen molar-refractivity contribution in [3.05, 3.63) is 65.0 Å². The summed E-state index contributed by atoms with van der Waals surface area (Å²) >= 11 is 0. The lowest BCUT2D eigenvalue weighted by molar-refractivity contribution is -0.121. The zero-order valence-corrected chi connectivity index (χ0v) is 21.5. The Morgan fingerprint density at radius 2 is 1.59 bits per heavy atom. The number of amides is 1. The first-order valence-corrected chi connectivity index (χ1v) is 12.7. The SMILES string of the molecule is CC(C)NCC(O)COc1ccc(OCCCNC(=O)CCCOc2ccc3[nH]c(=O)ccc3c2)cc1. The molecule has 0 bridgehead atoms. The van der Waals surface area contributed by atoms with Crippen LogP contribution in [-0.4, -0.2) is 61.1 Å². The highest BCUT2D eigenvalue weighted by molar-refractivity contribution is 5.79. The summed E-state index contributed by atoms with van der Waals surface area (Å²) in [5, 5.41) is 16.9. The number of ether oxygens (including phenoxy) is 3.